The van der Waals surface area contributed by atoms with Crippen LogP contribution in [-0.4, -0.2) is 31.6 Å². The van der Waals surface area contributed by atoms with E-state index < -0.39 is 17.6 Å². The van der Waals surface area contributed by atoms with Crippen molar-refractivity contribution in [2.45, 2.75) is 32.9 Å². The van der Waals surface area contributed by atoms with Crippen LogP contribution in [0.15, 0.2) is 42.7 Å². The first-order chi connectivity index (χ1) is 16.0. The standard InChI is InChI=1S/C22H19F3N6O2S/c1-11(2)19-15(10-27-31(19)18-7-4-13(9-26-18)22(23,24)25)20(33)29-14-5-6-16-17(8-14)34-21(30-16)28-12(3)32/h4-11H,1-3H3,(H,29,33)(H,28,30,32). The highest BCUT2D eigenvalue weighted by Crippen LogP contribution is 2.31. The molecule has 0 unspecified atom stereocenters. The van der Waals surface area contributed by atoms with Gasteiger partial charge in [0, 0.05) is 18.8 Å². The zero-order valence-corrected chi connectivity index (χ0v) is 19.1. The Morgan fingerprint density at radius 1 is 1.09 bits per heavy atom. The Morgan fingerprint density at radius 3 is 2.47 bits per heavy atom. The molecule has 176 valence electrons. The predicted octanol–water partition coefficient (Wildman–Crippen LogP) is 5.23. The number of halogens is 3. The Morgan fingerprint density at radius 2 is 1.85 bits per heavy atom. The van der Waals surface area contributed by atoms with E-state index in [2.05, 4.69) is 25.7 Å². The topological polar surface area (TPSA) is 102 Å². The van der Waals surface area contributed by atoms with Gasteiger partial charge >= 0.3 is 6.18 Å². The molecule has 8 nitrogen and oxygen atoms in total. The van der Waals surface area contributed by atoms with Crippen molar-refractivity contribution in [2.75, 3.05) is 10.6 Å². The number of hydrogen-bond donors (Lipinski definition) is 2. The van der Waals surface area contributed by atoms with Crippen molar-refractivity contribution < 1.29 is 22.8 Å². The van der Waals surface area contributed by atoms with Crippen LogP contribution >= 0.6 is 11.3 Å². The second-order valence-corrected chi connectivity index (χ2v) is 8.78. The number of carbonyl (C=O) groups is 2. The molecular formula is C22H19F3N6O2S. The maximum Gasteiger partial charge on any atom is 0.417 e. The number of nitrogens with one attached hydrogen (secondary N) is 2. The molecule has 0 atom stereocenters. The summed E-state index contributed by atoms with van der Waals surface area (Å²) in [6.07, 6.45) is -2.39. The van der Waals surface area contributed by atoms with Crippen molar-refractivity contribution in [3.63, 3.8) is 0 Å². The molecule has 4 aromatic rings. The summed E-state index contributed by atoms with van der Waals surface area (Å²) in [5.74, 6) is -0.648. The highest BCUT2D eigenvalue weighted by atomic mass is 32.1. The lowest BCUT2D eigenvalue weighted by Gasteiger charge is -2.13. The third-order valence-corrected chi connectivity index (χ3v) is 5.75. The molecule has 12 heteroatoms. The smallest absolute Gasteiger partial charge is 0.322 e. The molecule has 2 N–H and O–H groups in total. The Bertz CT molecular complexity index is 1380. The SMILES string of the molecule is CC(=O)Nc1nc2ccc(NC(=O)c3cnn(-c4ccc(C(F)(F)F)cn4)c3C(C)C)cc2s1. The van der Waals surface area contributed by atoms with Gasteiger partial charge in [0.05, 0.1) is 33.2 Å². The monoisotopic (exact) mass is 488 g/mol. The molecule has 0 saturated carbocycles. The first-order valence-electron chi connectivity index (χ1n) is 10.1. The van der Waals surface area contributed by atoms with Crippen LogP contribution in [-0.2, 0) is 11.0 Å². The van der Waals surface area contributed by atoms with Crippen LogP contribution in [0.1, 0.15) is 48.3 Å². The number of pyridine rings is 1. The largest absolute Gasteiger partial charge is 0.417 e. The van der Waals surface area contributed by atoms with Gasteiger partial charge in [-0.2, -0.15) is 18.3 Å². The van der Waals surface area contributed by atoms with Crippen molar-refractivity contribution in [2.24, 2.45) is 0 Å². The van der Waals surface area contributed by atoms with Crippen molar-refractivity contribution in [3.05, 3.63) is 59.5 Å². The van der Waals surface area contributed by atoms with Gasteiger partial charge in [-0.1, -0.05) is 25.2 Å². The zero-order valence-electron chi connectivity index (χ0n) is 18.3. The average Bonchev–Trinajstić information content (AvgIpc) is 3.36. The highest BCUT2D eigenvalue weighted by Gasteiger charge is 2.31. The van der Waals surface area contributed by atoms with E-state index in [1.165, 1.54) is 35.2 Å². The van der Waals surface area contributed by atoms with Crippen LogP contribution in [0.3, 0.4) is 0 Å². The van der Waals surface area contributed by atoms with Gasteiger partial charge in [0.2, 0.25) is 5.91 Å². The molecule has 34 heavy (non-hydrogen) atoms. The van der Waals surface area contributed by atoms with Gasteiger partial charge in [0.15, 0.2) is 10.9 Å². The number of alkyl halides is 3. The zero-order chi connectivity index (χ0) is 24.6. The number of aromatic nitrogens is 4. The molecule has 0 saturated heterocycles. The molecule has 3 aromatic heterocycles. The molecule has 2 amide bonds. The third kappa shape index (κ3) is 4.76. The number of carbonyl (C=O) groups excluding carboxylic acids is 2. The fourth-order valence-corrected chi connectivity index (χ4v) is 4.31. The van der Waals surface area contributed by atoms with Gasteiger partial charge in [0.25, 0.3) is 5.91 Å². The van der Waals surface area contributed by atoms with Crippen LogP contribution in [0.4, 0.5) is 24.0 Å². The molecule has 0 aliphatic heterocycles. The molecule has 0 fully saturated rings. The second-order valence-electron chi connectivity index (χ2n) is 7.75. The minimum absolute atomic E-state index is 0.170. The lowest BCUT2D eigenvalue weighted by atomic mass is 10.1. The van der Waals surface area contributed by atoms with E-state index >= 15 is 0 Å². The summed E-state index contributed by atoms with van der Waals surface area (Å²) in [5, 5.41) is 10.1. The van der Waals surface area contributed by atoms with Crippen LogP contribution in [0.25, 0.3) is 16.0 Å². The van der Waals surface area contributed by atoms with Crippen molar-refractivity contribution >= 4 is 44.2 Å². The van der Waals surface area contributed by atoms with E-state index in [1.807, 2.05) is 13.8 Å². The van der Waals surface area contributed by atoms with E-state index in [0.717, 1.165) is 17.0 Å². The Hall–Kier alpha value is -3.80. The Balaban J connectivity index is 1.61. The summed E-state index contributed by atoms with van der Waals surface area (Å²) in [4.78, 5) is 32.5. The molecule has 4 rings (SSSR count). The minimum atomic E-state index is -4.50. The molecule has 0 aliphatic carbocycles. The molecular weight excluding hydrogens is 469 g/mol. The molecule has 1 aromatic carbocycles. The second kappa shape index (κ2) is 8.86. The first-order valence-corrected chi connectivity index (χ1v) is 11.0. The van der Waals surface area contributed by atoms with Crippen LogP contribution in [0, 0.1) is 0 Å². The maximum absolute atomic E-state index is 13.1. The third-order valence-electron chi connectivity index (χ3n) is 4.82. The van der Waals surface area contributed by atoms with Crippen LogP contribution in [0.5, 0.6) is 0 Å². The normalized spacial score (nSPS) is 11.7. The van der Waals surface area contributed by atoms with E-state index in [4.69, 9.17) is 0 Å². The van der Waals surface area contributed by atoms with Gasteiger partial charge in [-0.15, -0.1) is 0 Å². The quantitative estimate of drug-likeness (QED) is 0.401. The summed E-state index contributed by atoms with van der Waals surface area (Å²) >= 11 is 1.28. The number of hydrogen-bond acceptors (Lipinski definition) is 6. The van der Waals surface area contributed by atoms with Crippen LogP contribution < -0.4 is 10.6 Å². The Kier molecular flexibility index (Phi) is 6.09. The van der Waals surface area contributed by atoms with Crippen molar-refractivity contribution in [1.82, 2.24) is 19.7 Å². The molecule has 0 aliphatic rings. The van der Waals surface area contributed by atoms with Gasteiger partial charge in [0.1, 0.15) is 0 Å². The van der Waals surface area contributed by atoms with Gasteiger partial charge in [-0.3, -0.25) is 9.59 Å². The summed E-state index contributed by atoms with van der Waals surface area (Å²) < 4.78 is 40.7. The Labute approximate surface area is 195 Å². The molecule has 0 spiro atoms. The van der Waals surface area contributed by atoms with Gasteiger partial charge in [-0.05, 0) is 36.2 Å². The maximum atomic E-state index is 13.1. The average molecular weight is 488 g/mol. The minimum Gasteiger partial charge on any atom is -0.322 e. The number of nitrogens with zero attached hydrogens (tertiary/aromatic N) is 4. The van der Waals surface area contributed by atoms with Crippen LogP contribution in [0.2, 0.25) is 0 Å². The predicted molar refractivity (Wildman–Crippen MR) is 122 cm³/mol. The fourth-order valence-electron chi connectivity index (χ4n) is 3.35. The number of thiazole rings is 1. The molecule has 0 radical (unpaired) electrons. The van der Waals surface area contributed by atoms with E-state index in [-0.39, 0.29) is 23.2 Å². The van der Waals surface area contributed by atoms with Gasteiger partial charge in [-0.25, -0.2) is 14.6 Å². The van der Waals surface area contributed by atoms with Crippen molar-refractivity contribution in [1.29, 1.82) is 0 Å². The van der Waals surface area contributed by atoms with Crippen molar-refractivity contribution in [3.8, 4) is 5.82 Å². The fraction of sp³-hybridized carbons (Fsp3) is 0.227. The molecule has 0 bridgehead atoms. The highest BCUT2D eigenvalue weighted by molar-refractivity contribution is 7.22. The lowest BCUT2D eigenvalue weighted by Crippen LogP contribution is -2.16. The van der Waals surface area contributed by atoms with E-state index in [0.29, 0.717) is 22.0 Å². The summed E-state index contributed by atoms with van der Waals surface area (Å²) in [7, 11) is 0. The number of benzene rings is 1. The lowest BCUT2D eigenvalue weighted by molar-refractivity contribution is -0.137. The summed E-state index contributed by atoms with van der Waals surface area (Å²) in [6.45, 7) is 5.09. The first kappa shape index (κ1) is 23.4. The van der Waals surface area contributed by atoms with E-state index in [9.17, 15) is 22.8 Å². The number of fused-ring (bicyclic) bond motifs is 1. The van der Waals surface area contributed by atoms with Gasteiger partial charge < -0.3 is 10.6 Å². The summed E-state index contributed by atoms with van der Waals surface area (Å²) in [6, 6.07) is 7.30. The number of amides is 2. The number of rotatable bonds is 5. The summed E-state index contributed by atoms with van der Waals surface area (Å²) in [5.41, 5.74) is 1.12. The van der Waals surface area contributed by atoms with E-state index in [1.54, 1.807) is 18.2 Å². The molecule has 3 heterocycles. The number of anilines is 2.